The molecule has 1 N–H and O–H groups in total. The number of ether oxygens (including phenoxy) is 1. The summed E-state index contributed by atoms with van der Waals surface area (Å²) in [5.74, 6) is -4.21. The smallest absolute Gasteiger partial charge is 0.386 e. The molecule has 1 saturated heterocycles. The maximum absolute atomic E-state index is 11.7. The van der Waals surface area contributed by atoms with E-state index < -0.39 is 24.0 Å². The molecule has 0 aromatic heterocycles. The molecule has 0 aliphatic carbocycles. The lowest BCUT2D eigenvalue weighted by Gasteiger charge is -2.08. The molecule has 1 atom stereocenters. The van der Waals surface area contributed by atoms with Gasteiger partial charge in [-0.25, -0.2) is 4.79 Å². The van der Waals surface area contributed by atoms with E-state index in [-0.39, 0.29) is 6.54 Å². The Hall–Kier alpha value is -1.11. The van der Waals surface area contributed by atoms with E-state index in [9.17, 15) is 22.8 Å². The van der Waals surface area contributed by atoms with Crippen molar-refractivity contribution in [1.29, 1.82) is 0 Å². The van der Waals surface area contributed by atoms with Crippen molar-refractivity contribution in [3.8, 4) is 0 Å². The van der Waals surface area contributed by atoms with Crippen molar-refractivity contribution < 1.29 is 27.5 Å². The van der Waals surface area contributed by atoms with Crippen molar-refractivity contribution in [2.45, 2.75) is 12.6 Å². The Labute approximate surface area is 77.4 Å². The lowest BCUT2D eigenvalue weighted by atomic mass is 10.1. The van der Waals surface area contributed by atoms with Gasteiger partial charge in [0.1, 0.15) is 0 Å². The third kappa shape index (κ3) is 2.69. The summed E-state index contributed by atoms with van der Waals surface area (Å²) < 4.78 is 38.6. The van der Waals surface area contributed by atoms with Gasteiger partial charge in [-0.05, 0) is 13.0 Å². The van der Waals surface area contributed by atoms with E-state index in [1.165, 1.54) is 0 Å². The molecular weight excluding hydrogens is 203 g/mol. The van der Waals surface area contributed by atoms with E-state index in [0.717, 1.165) is 0 Å². The lowest BCUT2D eigenvalue weighted by molar-refractivity contribution is -0.203. The van der Waals surface area contributed by atoms with E-state index in [2.05, 4.69) is 10.1 Å². The molecule has 0 spiro atoms. The third-order valence-corrected chi connectivity index (χ3v) is 1.82. The van der Waals surface area contributed by atoms with Gasteiger partial charge in [-0.1, -0.05) is 0 Å². The standard InChI is InChI=1S/C7H8F3NO3/c8-7(9,10)6(13)14-5(12)4-1-2-11-3-4/h4,11H,1-3H2/t4-/m1/s1. The van der Waals surface area contributed by atoms with Crippen molar-refractivity contribution in [3.05, 3.63) is 0 Å². The van der Waals surface area contributed by atoms with Crippen LogP contribution in [0.1, 0.15) is 6.42 Å². The number of hydrogen-bond acceptors (Lipinski definition) is 4. The fraction of sp³-hybridized carbons (Fsp3) is 0.714. The van der Waals surface area contributed by atoms with E-state index in [4.69, 9.17) is 0 Å². The number of carbonyl (C=O) groups excluding carboxylic acids is 2. The molecule has 1 rings (SSSR count). The monoisotopic (exact) mass is 211 g/mol. The normalized spacial score (nSPS) is 22.1. The Kier molecular flexibility index (Phi) is 3.10. The first kappa shape index (κ1) is 11.0. The summed E-state index contributed by atoms with van der Waals surface area (Å²) in [6.07, 6.45) is -4.72. The predicted octanol–water partition coefficient (Wildman–Crippen LogP) is 0.228. The largest absolute Gasteiger partial charge is 0.491 e. The second-order valence-electron chi connectivity index (χ2n) is 2.90. The molecule has 4 nitrogen and oxygen atoms in total. The van der Waals surface area contributed by atoms with Crippen LogP contribution in [0.25, 0.3) is 0 Å². The third-order valence-electron chi connectivity index (χ3n) is 1.82. The molecule has 1 heterocycles. The first-order valence-corrected chi connectivity index (χ1v) is 3.95. The maximum Gasteiger partial charge on any atom is 0.491 e. The number of alkyl halides is 3. The minimum atomic E-state index is -5.11. The van der Waals surface area contributed by atoms with E-state index in [0.29, 0.717) is 13.0 Å². The highest BCUT2D eigenvalue weighted by molar-refractivity contribution is 5.89. The molecule has 0 bridgehead atoms. The van der Waals surface area contributed by atoms with Gasteiger partial charge in [0.2, 0.25) is 0 Å². The topological polar surface area (TPSA) is 55.4 Å². The van der Waals surface area contributed by atoms with E-state index >= 15 is 0 Å². The van der Waals surface area contributed by atoms with Crippen molar-refractivity contribution in [3.63, 3.8) is 0 Å². The van der Waals surface area contributed by atoms with Crippen LogP contribution >= 0.6 is 0 Å². The van der Waals surface area contributed by atoms with Gasteiger partial charge in [0.05, 0.1) is 5.92 Å². The molecule has 1 fully saturated rings. The van der Waals surface area contributed by atoms with Gasteiger partial charge in [-0.15, -0.1) is 0 Å². The quantitative estimate of drug-likeness (QED) is 0.498. The van der Waals surface area contributed by atoms with Crippen molar-refractivity contribution in [2.24, 2.45) is 5.92 Å². The summed E-state index contributed by atoms with van der Waals surface area (Å²) in [7, 11) is 0. The number of hydrogen-bond donors (Lipinski definition) is 1. The molecule has 1 aliphatic heterocycles. The van der Waals surface area contributed by atoms with E-state index in [1.54, 1.807) is 0 Å². The molecule has 7 heteroatoms. The van der Waals surface area contributed by atoms with Gasteiger partial charge >= 0.3 is 18.1 Å². The Bertz CT molecular complexity index is 245. The zero-order chi connectivity index (χ0) is 10.8. The van der Waals surface area contributed by atoms with Crippen LogP contribution in [0.4, 0.5) is 13.2 Å². The zero-order valence-electron chi connectivity index (χ0n) is 7.06. The molecule has 80 valence electrons. The number of esters is 2. The van der Waals surface area contributed by atoms with Gasteiger partial charge in [0.15, 0.2) is 0 Å². The van der Waals surface area contributed by atoms with Crippen LogP contribution in [0.15, 0.2) is 0 Å². The molecule has 0 saturated carbocycles. The minimum absolute atomic E-state index is 0.254. The second kappa shape index (κ2) is 3.95. The average molecular weight is 211 g/mol. The molecular formula is C7H8F3NO3. The van der Waals surface area contributed by atoms with E-state index in [1.807, 2.05) is 0 Å². The summed E-state index contributed by atoms with van der Waals surface area (Å²) in [6, 6.07) is 0. The summed E-state index contributed by atoms with van der Waals surface area (Å²) >= 11 is 0. The SMILES string of the molecule is O=C(OC(=O)C(F)(F)F)[C@@H]1CCNC1. The van der Waals surface area contributed by atoms with Gasteiger partial charge in [0, 0.05) is 6.54 Å². The number of rotatable bonds is 1. The Morgan fingerprint density at radius 1 is 1.36 bits per heavy atom. The maximum atomic E-state index is 11.7. The second-order valence-corrected chi connectivity index (χ2v) is 2.90. The van der Waals surface area contributed by atoms with Crippen molar-refractivity contribution >= 4 is 11.9 Å². The van der Waals surface area contributed by atoms with Gasteiger partial charge in [-0.3, -0.25) is 4.79 Å². The highest BCUT2D eigenvalue weighted by Gasteiger charge is 2.43. The fourth-order valence-electron chi connectivity index (χ4n) is 1.09. The predicted molar refractivity (Wildman–Crippen MR) is 38.1 cm³/mol. The van der Waals surface area contributed by atoms with Crippen LogP contribution < -0.4 is 5.32 Å². The van der Waals surface area contributed by atoms with Crippen molar-refractivity contribution in [1.82, 2.24) is 5.32 Å². The number of nitrogens with one attached hydrogen (secondary N) is 1. The summed E-state index contributed by atoms with van der Waals surface area (Å²) in [5.41, 5.74) is 0. The Balaban J connectivity index is 2.44. The highest BCUT2D eigenvalue weighted by atomic mass is 19.4. The van der Waals surface area contributed by atoms with Crippen LogP contribution in [-0.4, -0.2) is 31.2 Å². The average Bonchev–Trinajstić information content (AvgIpc) is 2.53. The molecule has 0 radical (unpaired) electrons. The summed E-state index contributed by atoms with van der Waals surface area (Å²) in [6.45, 7) is 0.796. The molecule has 1 aliphatic rings. The number of carbonyl (C=O) groups is 2. The van der Waals surface area contributed by atoms with Crippen LogP contribution in [0.2, 0.25) is 0 Å². The Morgan fingerprint density at radius 2 is 2.00 bits per heavy atom. The van der Waals surface area contributed by atoms with Gasteiger partial charge in [0.25, 0.3) is 0 Å². The molecule has 0 aromatic rings. The van der Waals surface area contributed by atoms with Gasteiger partial charge in [-0.2, -0.15) is 13.2 Å². The number of halogens is 3. The zero-order valence-corrected chi connectivity index (χ0v) is 7.06. The van der Waals surface area contributed by atoms with Crippen LogP contribution in [0, 0.1) is 5.92 Å². The molecule has 0 aromatic carbocycles. The van der Waals surface area contributed by atoms with Crippen molar-refractivity contribution in [2.75, 3.05) is 13.1 Å². The first-order chi connectivity index (χ1) is 6.41. The minimum Gasteiger partial charge on any atom is -0.386 e. The highest BCUT2D eigenvalue weighted by Crippen LogP contribution is 2.18. The van der Waals surface area contributed by atoms with Crippen LogP contribution in [-0.2, 0) is 14.3 Å². The van der Waals surface area contributed by atoms with Crippen LogP contribution in [0.3, 0.4) is 0 Å². The molecule has 0 unspecified atom stereocenters. The Morgan fingerprint density at radius 3 is 2.43 bits per heavy atom. The van der Waals surface area contributed by atoms with Gasteiger partial charge < -0.3 is 10.1 Å². The summed E-state index contributed by atoms with van der Waals surface area (Å²) in [5, 5.41) is 2.77. The molecule has 14 heavy (non-hydrogen) atoms. The van der Waals surface area contributed by atoms with Crippen LogP contribution in [0.5, 0.6) is 0 Å². The molecule has 0 amide bonds. The fourth-order valence-corrected chi connectivity index (χ4v) is 1.09. The lowest BCUT2D eigenvalue weighted by Crippen LogP contribution is -2.31. The first-order valence-electron chi connectivity index (χ1n) is 3.95. The summed E-state index contributed by atoms with van der Waals surface area (Å²) in [4.78, 5) is 21.2.